The molecule has 34 heavy (non-hydrogen) atoms. The molecule has 2 aromatic rings. The van der Waals surface area contributed by atoms with Gasteiger partial charge in [-0.05, 0) is 53.9 Å². The van der Waals surface area contributed by atoms with Crippen LogP contribution in [0.5, 0.6) is 5.75 Å². The number of urea groups is 1. The van der Waals surface area contributed by atoms with Crippen LogP contribution in [0.15, 0.2) is 53.6 Å². The van der Waals surface area contributed by atoms with E-state index < -0.39 is 0 Å². The highest BCUT2D eigenvalue weighted by molar-refractivity contribution is 6.30. The summed E-state index contributed by atoms with van der Waals surface area (Å²) in [6, 6.07) is 14.4. The minimum atomic E-state index is -0.301. The Morgan fingerprint density at radius 2 is 1.85 bits per heavy atom. The number of hydrazone groups is 1. The van der Waals surface area contributed by atoms with E-state index in [2.05, 4.69) is 10.4 Å². The van der Waals surface area contributed by atoms with Crippen molar-refractivity contribution in [2.75, 3.05) is 40.5 Å². The number of nitrogens with one attached hydrogen (secondary N) is 1. The molecule has 0 radical (unpaired) electrons. The van der Waals surface area contributed by atoms with Crippen LogP contribution in [0, 0.1) is 0 Å². The van der Waals surface area contributed by atoms with E-state index in [1.807, 2.05) is 43.3 Å². The first kappa shape index (κ1) is 25.5. The summed E-state index contributed by atoms with van der Waals surface area (Å²) in [5.74, 6) is 0.475. The quantitative estimate of drug-likeness (QED) is 0.548. The molecule has 1 aliphatic heterocycles. The number of hydrogen-bond acceptors (Lipinski definition) is 5. The van der Waals surface area contributed by atoms with Crippen LogP contribution in [-0.4, -0.2) is 68.0 Å². The summed E-state index contributed by atoms with van der Waals surface area (Å²) < 4.78 is 10.4. The standard InChI is InChI=1S/C25H31ClN4O4/c1-4-13-27-25(32)29(14-15-33-2)17-24(31)30-23(19-5-9-20(26)10-6-19)16-22(28-30)18-7-11-21(34-3)12-8-18/h5-12,23H,4,13-17H2,1-3H3,(H,27,32)/t23-/m1/s1. The number of carbonyl (C=O) groups is 2. The summed E-state index contributed by atoms with van der Waals surface area (Å²) in [5.41, 5.74) is 2.62. The Morgan fingerprint density at radius 1 is 1.15 bits per heavy atom. The molecule has 182 valence electrons. The monoisotopic (exact) mass is 486 g/mol. The third kappa shape index (κ3) is 6.48. The maximum Gasteiger partial charge on any atom is 0.317 e. The predicted molar refractivity (Wildman–Crippen MR) is 132 cm³/mol. The molecule has 0 aliphatic carbocycles. The van der Waals surface area contributed by atoms with Crippen LogP contribution in [0.4, 0.5) is 4.79 Å². The van der Waals surface area contributed by atoms with Crippen LogP contribution >= 0.6 is 11.6 Å². The van der Waals surface area contributed by atoms with Gasteiger partial charge in [0, 0.05) is 31.6 Å². The third-order valence-corrected chi connectivity index (χ3v) is 5.80. The van der Waals surface area contributed by atoms with Crippen molar-refractivity contribution >= 4 is 29.3 Å². The Hall–Kier alpha value is -3.10. The van der Waals surface area contributed by atoms with Crippen molar-refractivity contribution in [3.05, 3.63) is 64.7 Å². The maximum atomic E-state index is 13.4. The normalized spacial score (nSPS) is 15.1. The molecule has 0 unspecified atom stereocenters. The predicted octanol–water partition coefficient (Wildman–Crippen LogP) is 4.09. The summed E-state index contributed by atoms with van der Waals surface area (Å²) in [6.45, 7) is 3.02. The Balaban J connectivity index is 1.86. The molecule has 2 aromatic carbocycles. The van der Waals surface area contributed by atoms with Gasteiger partial charge < -0.3 is 19.7 Å². The molecule has 0 bridgehead atoms. The second-order valence-corrected chi connectivity index (χ2v) is 8.37. The van der Waals surface area contributed by atoms with Gasteiger partial charge in [0.1, 0.15) is 12.3 Å². The van der Waals surface area contributed by atoms with Crippen molar-refractivity contribution in [3.63, 3.8) is 0 Å². The molecule has 8 nitrogen and oxygen atoms in total. The lowest BCUT2D eigenvalue weighted by Gasteiger charge is -2.27. The van der Waals surface area contributed by atoms with Gasteiger partial charge in [-0.25, -0.2) is 9.80 Å². The fourth-order valence-corrected chi connectivity index (χ4v) is 3.80. The second kappa shape index (κ2) is 12.4. The number of hydrogen-bond donors (Lipinski definition) is 1. The minimum Gasteiger partial charge on any atom is -0.497 e. The molecule has 1 aliphatic rings. The van der Waals surface area contributed by atoms with Gasteiger partial charge in [0.05, 0.1) is 25.5 Å². The number of nitrogens with zero attached hydrogens (tertiary/aromatic N) is 3. The Morgan fingerprint density at radius 3 is 2.47 bits per heavy atom. The number of halogens is 1. The molecule has 3 amide bonds. The van der Waals surface area contributed by atoms with E-state index in [0.717, 1.165) is 29.0 Å². The van der Waals surface area contributed by atoms with Gasteiger partial charge in [0.25, 0.3) is 5.91 Å². The SMILES string of the molecule is CCCNC(=O)N(CCOC)CC(=O)N1N=C(c2ccc(OC)cc2)C[C@@H]1c1ccc(Cl)cc1. The van der Waals surface area contributed by atoms with Crippen molar-refractivity contribution in [3.8, 4) is 5.75 Å². The molecule has 0 aromatic heterocycles. The van der Waals surface area contributed by atoms with Crippen LogP contribution in [0.1, 0.15) is 36.9 Å². The zero-order chi connectivity index (χ0) is 24.5. The van der Waals surface area contributed by atoms with Gasteiger partial charge in [-0.2, -0.15) is 5.10 Å². The average Bonchev–Trinajstić information content (AvgIpc) is 3.31. The molecule has 3 rings (SSSR count). The Labute approximate surface area is 205 Å². The van der Waals surface area contributed by atoms with Crippen molar-refractivity contribution in [1.82, 2.24) is 15.2 Å². The van der Waals surface area contributed by atoms with E-state index >= 15 is 0 Å². The topological polar surface area (TPSA) is 83.5 Å². The molecular formula is C25H31ClN4O4. The fraction of sp³-hybridized carbons (Fsp3) is 0.400. The lowest BCUT2D eigenvalue weighted by atomic mass is 9.98. The summed E-state index contributed by atoms with van der Waals surface area (Å²) in [5, 5.41) is 9.62. The van der Waals surface area contributed by atoms with E-state index in [0.29, 0.717) is 31.1 Å². The lowest BCUT2D eigenvalue weighted by molar-refractivity contribution is -0.133. The summed E-state index contributed by atoms with van der Waals surface area (Å²) in [6.07, 6.45) is 1.35. The zero-order valence-electron chi connectivity index (χ0n) is 19.8. The van der Waals surface area contributed by atoms with Crippen molar-refractivity contribution in [2.45, 2.75) is 25.8 Å². The van der Waals surface area contributed by atoms with Gasteiger partial charge >= 0.3 is 6.03 Å². The number of amides is 3. The minimum absolute atomic E-state index is 0.109. The highest BCUT2D eigenvalue weighted by Crippen LogP contribution is 2.33. The number of benzene rings is 2. The average molecular weight is 487 g/mol. The number of carbonyl (C=O) groups excluding carboxylic acids is 2. The molecule has 0 spiro atoms. The first-order valence-corrected chi connectivity index (χ1v) is 11.7. The molecule has 1 N–H and O–H groups in total. The highest BCUT2D eigenvalue weighted by atomic mass is 35.5. The molecule has 0 fully saturated rings. The van der Waals surface area contributed by atoms with E-state index in [1.165, 1.54) is 9.91 Å². The maximum absolute atomic E-state index is 13.4. The smallest absolute Gasteiger partial charge is 0.317 e. The van der Waals surface area contributed by atoms with Crippen LogP contribution in [0.2, 0.25) is 5.02 Å². The number of rotatable bonds is 10. The molecule has 9 heteroatoms. The summed E-state index contributed by atoms with van der Waals surface area (Å²) >= 11 is 6.08. The zero-order valence-corrected chi connectivity index (χ0v) is 20.5. The van der Waals surface area contributed by atoms with Crippen LogP contribution in [-0.2, 0) is 9.53 Å². The van der Waals surface area contributed by atoms with E-state index in [9.17, 15) is 9.59 Å². The number of methoxy groups -OCH3 is 2. The van der Waals surface area contributed by atoms with Crippen molar-refractivity contribution < 1.29 is 19.1 Å². The second-order valence-electron chi connectivity index (χ2n) is 7.93. The molecule has 0 saturated heterocycles. The molecule has 0 saturated carbocycles. The van der Waals surface area contributed by atoms with Gasteiger partial charge in [-0.15, -0.1) is 0 Å². The van der Waals surface area contributed by atoms with Gasteiger partial charge in [0.2, 0.25) is 0 Å². The van der Waals surface area contributed by atoms with E-state index in [-0.39, 0.29) is 24.5 Å². The molecular weight excluding hydrogens is 456 g/mol. The van der Waals surface area contributed by atoms with Gasteiger partial charge in [0.15, 0.2) is 0 Å². The Bertz CT molecular complexity index is 995. The van der Waals surface area contributed by atoms with Crippen molar-refractivity contribution in [1.29, 1.82) is 0 Å². The first-order valence-electron chi connectivity index (χ1n) is 11.3. The van der Waals surface area contributed by atoms with Crippen LogP contribution < -0.4 is 10.1 Å². The number of ether oxygens (including phenoxy) is 2. The van der Waals surface area contributed by atoms with Crippen molar-refractivity contribution in [2.24, 2.45) is 5.10 Å². The van der Waals surface area contributed by atoms with E-state index in [4.69, 9.17) is 21.1 Å². The first-order chi connectivity index (χ1) is 16.5. The van der Waals surface area contributed by atoms with Crippen LogP contribution in [0.25, 0.3) is 0 Å². The van der Waals surface area contributed by atoms with E-state index in [1.54, 1.807) is 26.4 Å². The van der Waals surface area contributed by atoms with Gasteiger partial charge in [-0.1, -0.05) is 30.7 Å². The highest BCUT2D eigenvalue weighted by Gasteiger charge is 2.34. The third-order valence-electron chi connectivity index (χ3n) is 5.55. The largest absolute Gasteiger partial charge is 0.497 e. The fourth-order valence-electron chi connectivity index (χ4n) is 3.68. The van der Waals surface area contributed by atoms with Gasteiger partial charge in [-0.3, -0.25) is 4.79 Å². The summed E-state index contributed by atoms with van der Waals surface area (Å²) in [7, 11) is 3.18. The Kier molecular flexibility index (Phi) is 9.30. The molecule has 1 atom stereocenters. The lowest BCUT2D eigenvalue weighted by Crippen LogP contribution is -2.47. The van der Waals surface area contributed by atoms with Crippen LogP contribution in [0.3, 0.4) is 0 Å². The summed E-state index contributed by atoms with van der Waals surface area (Å²) in [4.78, 5) is 27.5. The molecule has 1 heterocycles.